The van der Waals surface area contributed by atoms with E-state index in [0.29, 0.717) is 11.5 Å². The molecule has 0 bridgehead atoms. The summed E-state index contributed by atoms with van der Waals surface area (Å²) in [6.45, 7) is 8.25. The van der Waals surface area contributed by atoms with Gasteiger partial charge in [0.05, 0.1) is 0 Å². The van der Waals surface area contributed by atoms with E-state index >= 15 is 0 Å². The fraction of sp³-hybridized carbons (Fsp3) is 0.400. The standard InChI is InChI=1S/C15H18O2/c1-9(2)11-5-6-12-7-13(10(3)4)15(16)17-14(12)8-11/h5-10H,1-4H3. The van der Waals surface area contributed by atoms with Gasteiger partial charge in [-0.2, -0.15) is 0 Å². The Morgan fingerprint density at radius 2 is 1.71 bits per heavy atom. The SMILES string of the molecule is CC(C)c1ccc2cc(C(C)C)c(=O)oc2c1. The molecule has 0 aliphatic rings. The summed E-state index contributed by atoms with van der Waals surface area (Å²) in [5.74, 6) is 0.634. The van der Waals surface area contributed by atoms with Gasteiger partial charge in [-0.05, 0) is 29.5 Å². The molecule has 1 aromatic heterocycles. The zero-order chi connectivity index (χ0) is 12.6. The lowest BCUT2D eigenvalue weighted by Gasteiger charge is -2.08. The van der Waals surface area contributed by atoms with Crippen molar-refractivity contribution in [3.63, 3.8) is 0 Å². The van der Waals surface area contributed by atoms with Crippen LogP contribution in [0.1, 0.15) is 50.7 Å². The normalized spacial score (nSPS) is 11.6. The van der Waals surface area contributed by atoms with Crippen LogP contribution in [0.2, 0.25) is 0 Å². The quantitative estimate of drug-likeness (QED) is 0.729. The van der Waals surface area contributed by atoms with Crippen LogP contribution >= 0.6 is 0 Å². The predicted molar refractivity (Wildman–Crippen MR) is 70.7 cm³/mol. The number of rotatable bonds is 2. The molecule has 0 aliphatic heterocycles. The Balaban J connectivity index is 2.66. The second-order valence-electron chi connectivity index (χ2n) is 5.10. The lowest BCUT2D eigenvalue weighted by atomic mass is 10.00. The van der Waals surface area contributed by atoms with Crippen LogP contribution in [0.3, 0.4) is 0 Å². The van der Waals surface area contributed by atoms with Crippen molar-refractivity contribution in [1.82, 2.24) is 0 Å². The van der Waals surface area contributed by atoms with Crippen molar-refractivity contribution in [2.24, 2.45) is 0 Å². The maximum Gasteiger partial charge on any atom is 0.339 e. The van der Waals surface area contributed by atoms with E-state index in [1.165, 1.54) is 5.56 Å². The van der Waals surface area contributed by atoms with Crippen molar-refractivity contribution < 1.29 is 4.42 Å². The third-order valence-corrected chi connectivity index (χ3v) is 3.08. The van der Waals surface area contributed by atoms with Gasteiger partial charge in [-0.1, -0.05) is 39.8 Å². The van der Waals surface area contributed by atoms with Gasteiger partial charge in [0.15, 0.2) is 0 Å². The minimum atomic E-state index is -0.214. The summed E-state index contributed by atoms with van der Waals surface area (Å²) in [4.78, 5) is 11.8. The summed E-state index contributed by atoms with van der Waals surface area (Å²) in [6.07, 6.45) is 0. The Hall–Kier alpha value is -1.57. The van der Waals surface area contributed by atoms with Crippen molar-refractivity contribution in [3.8, 4) is 0 Å². The summed E-state index contributed by atoms with van der Waals surface area (Å²) < 4.78 is 5.39. The first-order valence-corrected chi connectivity index (χ1v) is 6.06. The van der Waals surface area contributed by atoms with E-state index in [4.69, 9.17) is 4.42 Å². The smallest absolute Gasteiger partial charge is 0.339 e. The number of benzene rings is 1. The number of fused-ring (bicyclic) bond motifs is 1. The van der Waals surface area contributed by atoms with Gasteiger partial charge in [0, 0.05) is 10.9 Å². The summed E-state index contributed by atoms with van der Waals surface area (Å²) >= 11 is 0. The number of hydrogen-bond acceptors (Lipinski definition) is 2. The summed E-state index contributed by atoms with van der Waals surface area (Å²) in [5.41, 5.74) is 2.41. The molecular formula is C15H18O2. The summed E-state index contributed by atoms with van der Waals surface area (Å²) in [6, 6.07) is 8.03. The number of hydrogen-bond donors (Lipinski definition) is 0. The molecule has 1 heterocycles. The first-order chi connectivity index (χ1) is 7.99. The highest BCUT2D eigenvalue weighted by atomic mass is 16.4. The Kier molecular flexibility index (Phi) is 3.05. The molecule has 0 unspecified atom stereocenters. The lowest BCUT2D eigenvalue weighted by Crippen LogP contribution is -2.08. The Labute approximate surface area is 101 Å². The molecule has 0 amide bonds. The summed E-state index contributed by atoms with van der Waals surface area (Å²) in [7, 11) is 0. The van der Waals surface area contributed by atoms with Gasteiger partial charge in [0.25, 0.3) is 0 Å². The van der Waals surface area contributed by atoms with E-state index in [0.717, 1.165) is 10.9 Å². The molecule has 17 heavy (non-hydrogen) atoms. The minimum Gasteiger partial charge on any atom is -0.423 e. The van der Waals surface area contributed by atoms with E-state index in [1.54, 1.807) is 0 Å². The van der Waals surface area contributed by atoms with Gasteiger partial charge in [-0.25, -0.2) is 4.79 Å². The fourth-order valence-corrected chi connectivity index (χ4v) is 1.91. The molecule has 2 nitrogen and oxygen atoms in total. The van der Waals surface area contributed by atoms with Crippen LogP contribution in [0.15, 0.2) is 33.5 Å². The molecule has 0 aliphatic carbocycles. The molecule has 0 saturated carbocycles. The molecular weight excluding hydrogens is 212 g/mol. The Morgan fingerprint density at radius 3 is 2.29 bits per heavy atom. The van der Waals surface area contributed by atoms with E-state index in [1.807, 2.05) is 32.0 Å². The van der Waals surface area contributed by atoms with Crippen LogP contribution in [0, 0.1) is 0 Å². The van der Waals surface area contributed by atoms with Gasteiger partial charge in [-0.3, -0.25) is 0 Å². The Bertz CT molecular complexity index is 591. The molecule has 90 valence electrons. The Morgan fingerprint density at radius 1 is 1.00 bits per heavy atom. The topological polar surface area (TPSA) is 30.2 Å². The van der Waals surface area contributed by atoms with Crippen LogP contribution in [0.4, 0.5) is 0 Å². The highest BCUT2D eigenvalue weighted by Crippen LogP contribution is 2.22. The maximum atomic E-state index is 11.8. The lowest BCUT2D eigenvalue weighted by molar-refractivity contribution is 0.543. The van der Waals surface area contributed by atoms with Crippen molar-refractivity contribution in [2.45, 2.75) is 39.5 Å². The third-order valence-electron chi connectivity index (χ3n) is 3.08. The van der Waals surface area contributed by atoms with E-state index in [2.05, 4.69) is 19.9 Å². The predicted octanol–water partition coefficient (Wildman–Crippen LogP) is 4.04. The molecule has 2 heteroatoms. The molecule has 1 aromatic carbocycles. The minimum absolute atomic E-state index is 0.195. The monoisotopic (exact) mass is 230 g/mol. The van der Waals surface area contributed by atoms with Gasteiger partial charge < -0.3 is 4.42 Å². The second kappa shape index (κ2) is 4.36. The van der Waals surface area contributed by atoms with Crippen LogP contribution in [0.25, 0.3) is 11.0 Å². The molecule has 0 radical (unpaired) electrons. The van der Waals surface area contributed by atoms with E-state index in [-0.39, 0.29) is 11.5 Å². The molecule has 0 atom stereocenters. The van der Waals surface area contributed by atoms with Crippen molar-refractivity contribution in [1.29, 1.82) is 0 Å². The maximum absolute atomic E-state index is 11.8. The van der Waals surface area contributed by atoms with Crippen LogP contribution in [-0.2, 0) is 0 Å². The highest BCUT2D eigenvalue weighted by Gasteiger charge is 2.09. The average Bonchev–Trinajstić information content (AvgIpc) is 2.26. The molecule has 0 spiro atoms. The second-order valence-corrected chi connectivity index (χ2v) is 5.10. The fourth-order valence-electron chi connectivity index (χ4n) is 1.91. The van der Waals surface area contributed by atoms with Crippen LogP contribution in [-0.4, -0.2) is 0 Å². The van der Waals surface area contributed by atoms with E-state index in [9.17, 15) is 4.79 Å². The highest BCUT2D eigenvalue weighted by molar-refractivity contribution is 5.77. The molecule has 2 aromatic rings. The van der Waals surface area contributed by atoms with Crippen molar-refractivity contribution in [2.75, 3.05) is 0 Å². The van der Waals surface area contributed by atoms with Crippen molar-refractivity contribution in [3.05, 3.63) is 45.8 Å². The van der Waals surface area contributed by atoms with Gasteiger partial charge >= 0.3 is 5.63 Å². The third kappa shape index (κ3) is 2.26. The van der Waals surface area contributed by atoms with Gasteiger partial charge in [-0.15, -0.1) is 0 Å². The largest absolute Gasteiger partial charge is 0.423 e. The molecule has 0 saturated heterocycles. The zero-order valence-electron chi connectivity index (χ0n) is 10.8. The van der Waals surface area contributed by atoms with Gasteiger partial charge in [0.2, 0.25) is 0 Å². The first kappa shape index (κ1) is 11.9. The van der Waals surface area contributed by atoms with Crippen molar-refractivity contribution >= 4 is 11.0 Å². The van der Waals surface area contributed by atoms with Crippen LogP contribution in [0.5, 0.6) is 0 Å². The molecule has 2 rings (SSSR count). The molecule has 0 fully saturated rings. The first-order valence-electron chi connectivity index (χ1n) is 6.06. The van der Waals surface area contributed by atoms with Crippen LogP contribution < -0.4 is 5.63 Å². The summed E-state index contributed by atoms with van der Waals surface area (Å²) in [5, 5.41) is 0.998. The average molecular weight is 230 g/mol. The van der Waals surface area contributed by atoms with Gasteiger partial charge in [0.1, 0.15) is 5.58 Å². The zero-order valence-corrected chi connectivity index (χ0v) is 10.8. The molecule has 0 N–H and O–H groups in total. The van der Waals surface area contributed by atoms with E-state index < -0.39 is 0 Å².